The van der Waals surface area contributed by atoms with Gasteiger partial charge in [0.2, 0.25) is 17.5 Å². The van der Waals surface area contributed by atoms with Gasteiger partial charge in [0.05, 0.1) is 13.2 Å². The van der Waals surface area contributed by atoms with Gasteiger partial charge in [-0.15, -0.1) is 0 Å². The van der Waals surface area contributed by atoms with Gasteiger partial charge in [-0.2, -0.15) is 0 Å². The smallest absolute Gasteiger partial charge is 0.331 e. The molecular weight excluding hydrogens is 792 g/mol. The van der Waals surface area contributed by atoms with Crippen LogP contribution in [0.2, 0.25) is 0 Å². The SMILES string of the molecule is O=C(C=Cc1ccc(O)cc1)O[C@H]1[C@H](O[C@H]2[C@H](Oc3c(-c4ccc(O)cc4)oc4c(Cc5cccc(O)c5)c(O)cc(O)c4c3=O)O[C@H](CO)[C@@H](O)[C@@H]2O)OC[C@@H](O)[C@@H]1O. The number of aliphatic hydroxyl groups excluding tert-OH is 5. The number of rotatable bonds is 11. The molecule has 316 valence electrons. The maximum absolute atomic E-state index is 14.5. The van der Waals surface area contributed by atoms with Crippen molar-refractivity contribution >= 4 is 23.0 Å². The highest BCUT2D eigenvalue weighted by molar-refractivity contribution is 5.91. The lowest BCUT2D eigenvalue weighted by Gasteiger charge is -2.45. The molecule has 60 heavy (non-hydrogen) atoms. The normalized spacial score (nSPS) is 25.6. The van der Waals surface area contributed by atoms with E-state index in [9.17, 15) is 60.7 Å². The van der Waals surface area contributed by atoms with Crippen molar-refractivity contribution in [1.82, 2.24) is 0 Å². The van der Waals surface area contributed by atoms with Gasteiger partial charge in [0.1, 0.15) is 70.2 Å². The molecule has 1 aromatic heterocycles. The molecule has 2 aliphatic heterocycles. The lowest BCUT2D eigenvalue weighted by Crippen LogP contribution is -2.64. The summed E-state index contributed by atoms with van der Waals surface area (Å²) in [6.07, 6.45) is -14.0. The number of hydrogen-bond acceptors (Lipinski definition) is 18. The molecule has 3 heterocycles. The molecular formula is C42H40O18. The van der Waals surface area contributed by atoms with Crippen LogP contribution in [0.15, 0.2) is 94.2 Å². The van der Waals surface area contributed by atoms with Crippen LogP contribution in [0.3, 0.4) is 0 Å². The maximum Gasteiger partial charge on any atom is 0.331 e. The largest absolute Gasteiger partial charge is 0.508 e. The number of esters is 1. The minimum Gasteiger partial charge on any atom is -0.508 e. The van der Waals surface area contributed by atoms with Crippen molar-refractivity contribution in [3.05, 3.63) is 112 Å². The van der Waals surface area contributed by atoms with Crippen LogP contribution < -0.4 is 10.2 Å². The quantitative estimate of drug-likeness (QED) is 0.0666. The number of hydrogen-bond donors (Lipinski definition) is 10. The summed E-state index contributed by atoms with van der Waals surface area (Å²) in [4.78, 5) is 27.5. The number of fused-ring (bicyclic) bond motifs is 1. The summed E-state index contributed by atoms with van der Waals surface area (Å²) in [6.45, 7) is -1.44. The molecule has 10 N–H and O–H groups in total. The Labute approximate surface area is 339 Å². The van der Waals surface area contributed by atoms with E-state index >= 15 is 0 Å². The van der Waals surface area contributed by atoms with Crippen molar-refractivity contribution < 1.29 is 84.0 Å². The molecule has 0 aliphatic carbocycles. The Kier molecular flexibility index (Phi) is 12.3. The summed E-state index contributed by atoms with van der Waals surface area (Å²) >= 11 is 0. The van der Waals surface area contributed by atoms with E-state index in [1.165, 1.54) is 66.7 Å². The molecule has 2 fully saturated rings. The standard InChI is InChI=1S/C42H40O18/c43-17-29-33(52)35(54)40(60-41-39(32(51)28(49)18-55-41)57-30(50)13-6-19-4-9-22(44)10-5-19)42(56-29)59-38-34(53)31-27(48)16-26(47)25(15-20-2-1-3-24(46)14-20)37(31)58-36(38)21-7-11-23(45)12-8-21/h1-14,16,28-29,32-33,35,39-49,51-52,54H,15,17-18H2/t28-,29-,32+,33-,35+,39-,40-,41+,42+/m1/s1. The fourth-order valence-electron chi connectivity index (χ4n) is 6.82. The third-order valence-corrected chi connectivity index (χ3v) is 9.94. The number of carbonyl (C=O) groups is 1. The third kappa shape index (κ3) is 8.71. The molecule has 0 spiro atoms. The monoisotopic (exact) mass is 832 g/mol. The van der Waals surface area contributed by atoms with Gasteiger partial charge in [0, 0.05) is 29.7 Å². The van der Waals surface area contributed by atoms with Crippen molar-refractivity contribution in [1.29, 1.82) is 0 Å². The van der Waals surface area contributed by atoms with Gasteiger partial charge < -0.3 is 79.2 Å². The molecule has 0 saturated carbocycles. The van der Waals surface area contributed by atoms with Gasteiger partial charge in [0.15, 0.2) is 24.3 Å². The van der Waals surface area contributed by atoms with Gasteiger partial charge in [0.25, 0.3) is 0 Å². The Hall–Kier alpha value is -6.22. The molecule has 18 heteroatoms. The molecule has 2 saturated heterocycles. The van der Waals surface area contributed by atoms with Crippen molar-refractivity contribution in [3.8, 4) is 45.8 Å². The average molecular weight is 833 g/mol. The van der Waals surface area contributed by atoms with Crippen LogP contribution in [-0.2, 0) is 30.2 Å². The third-order valence-electron chi connectivity index (χ3n) is 9.94. The lowest BCUT2D eigenvalue weighted by atomic mass is 9.98. The van der Waals surface area contributed by atoms with Crippen LogP contribution in [0, 0.1) is 0 Å². The molecule has 0 bridgehead atoms. The zero-order valence-electron chi connectivity index (χ0n) is 31.2. The predicted molar refractivity (Wildman–Crippen MR) is 206 cm³/mol. The Balaban J connectivity index is 1.28. The first-order valence-corrected chi connectivity index (χ1v) is 18.4. The Bertz CT molecular complexity index is 2410. The van der Waals surface area contributed by atoms with Gasteiger partial charge in [-0.3, -0.25) is 4.79 Å². The average Bonchev–Trinajstić information content (AvgIpc) is 3.22. The van der Waals surface area contributed by atoms with Crippen LogP contribution in [0.5, 0.6) is 34.5 Å². The number of phenolic OH excluding ortho intramolecular Hbond substituents is 5. The van der Waals surface area contributed by atoms with Crippen molar-refractivity contribution in [2.24, 2.45) is 0 Å². The first-order valence-electron chi connectivity index (χ1n) is 18.4. The molecule has 18 nitrogen and oxygen atoms in total. The summed E-state index contributed by atoms with van der Waals surface area (Å²) in [5.74, 6) is -3.51. The topological polar surface area (TPSA) is 296 Å². The van der Waals surface area contributed by atoms with E-state index in [4.69, 9.17) is 28.1 Å². The van der Waals surface area contributed by atoms with E-state index in [-0.39, 0.29) is 46.1 Å². The number of benzene rings is 4. The van der Waals surface area contributed by atoms with E-state index < -0.39 is 103 Å². The van der Waals surface area contributed by atoms with Gasteiger partial charge >= 0.3 is 5.97 Å². The second kappa shape index (κ2) is 17.6. The van der Waals surface area contributed by atoms with Crippen LogP contribution in [0.1, 0.15) is 16.7 Å². The highest BCUT2D eigenvalue weighted by atomic mass is 16.8. The fourth-order valence-corrected chi connectivity index (χ4v) is 6.82. The summed E-state index contributed by atoms with van der Waals surface area (Å²) in [6, 6.07) is 18.0. The van der Waals surface area contributed by atoms with Crippen molar-refractivity contribution in [2.45, 2.75) is 61.7 Å². The predicted octanol–water partition coefficient (Wildman–Crippen LogP) is 1.49. The van der Waals surface area contributed by atoms with Gasteiger partial charge in [-0.05, 0) is 65.7 Å². The first kappa shape index (κ1) is 41.9. The summed E-state index contributed by atoms with van der Waals surface area (Å²) in [5.41, 5.74) is -0.206. The first-order chi connectivity index (χ1) is 28.7. The Morgan fingerprint density at radius 2 is 1.48 bits per heavy atom. The van der Waals surface area contributed by atoms with E-state index in [2.05, 4.69) is 0 Å². The summed E-state index contributed by atoms with van der Waals surface area (Å²) in [7, 11) is 0. The molecule has 5 aromatic rings. The zero-order chi connectivity index (χ0) is 42.8. The lowest BCUT2D eigenvalue weighted by molar-refractivity contribution is -0.345. The number of ether oxygens (including phenoxy) is 5. The van der Waals surface area contributed by atoms with E-state index in [0.29, 0.717) is 11.1 Å². The zero-order valence-corrected chi connectivity index (χ0v) is 31.2. The number of phenols is 5. The molecule has 0 radical (unpaired) electrons. The Morgan fingerprint density at radius 1 is 0.783 bits per heavy atom. The van der Waals surface area contributed by atoms with E-state index in [1.807, 2.05) is 0 Å². The van der Waals surface area contributed by atoms with Gasteiger partial charge in [-0.1, -0.05) is 24.3 Å². The van der Waals surface area contributed by atoms with Crippen LogP contribution in [0.4, 0.5) is 0 Å². The number of aromatic hydroxyl groups is 5. The van der Waals surface area contributed by atoms with Crippen molar-refractivity contribution in [2.75, 3.05) is 13.2 Å². The molecule has 2 aliphatic rings. The van der Waals surface area contributed by atoms with Crippen molar-refractivity contribution in [3.63, 3.8) is 0 Å². The Morgan fingerprint density at radius 3 is 2.17 bits per heavy atom. The number of aliphatic hydroxyl groups is 5. The summed E-state index contributed by atoms with van der Waals surface area (Å²) < 4.78 is 35.2. The fraction of sp³-hybridized carbons (Fsp3) is 0.286. The van der Waals surface area contributed by atoms with Crippen LogP contribution in [-0.4, -0.2) is 126 Å². The molecule has 9 atom stereocenters. The second-order valence-electron chi connectivity index (χ2n) is 14.1. The minimum atomic E-state index is -2.00. The van der Waals surface area contributed by atoms with E-state index in [1.54, 1.807) is 12.1 Å². The number of carbonyl (C=O) groups excluding carboxylic acids is 1. The molecule has 7 rings (SSSR count). The van der Waals surface area contributed by atoms with Crippen LogP contribution >= 0.6 is 0 Å². The molecule has 4 aromatic carbocycles. The molecule has 0 amide bonds. The van der Waals surface area contributed by atoms with E-state index in [0.717, 1.165) is 12.1 Å². The summed E-state index contributed by atoms with van der Waals surface area (Å²) in [5, 5.41) is 105. The van der Waals surface area contributed by atoms with Crippen LogP contribution in [0.25, 0.3) is 28.4 Å². The molecule has 0 unspecified atom stereocenters. The minimum absolute atomic E-state index is 0.00944. The second-order valence-corrected chi connectivity index (χ2v) is 14.1. The highest BCUT2D eigenvalue weighted by Crippen LogP contribution is 2.41. The van der Waals surface area contributed by atoms with Gasteiger partial charge in [-0.25, -0.2) is 4.79 Å². The maximum atomic E-state index is 14.5. The highest BCUT2D eigenvalue weighted by Gasteiger charge is 2.51.